The molecular weight excluding hydrogens is 326 g/mol. The Hall–Kier alpha value is -1.61. The summed E-state index contributed by atoms with van der Waals surface area (Å²) in [5, 5.41) is 3.12. The Labute approximate surface area is 134 Å². The van der Waals surface area contributed by atoms with Crippen LogP contribution in [0.1, 0.15) is 46.4 Å². The molecule has 2 aromatic rings. The number of nitrogens with one attached hydrogen (secondary N) is 1. The summed E-state index contributed by atoms with van der Waals surface area (Å²) in [7, 11) is 0. The van der Waals surface area contributed by atoms with Crippen LogP contribution in [0.3, 0.4) is 0 Å². The van der Waals surface area contributed by atoms with E-state index in [1.54, 1.807) is 0 Å². The largest absolute Gasteiger partial charge is 0.345 e. The minimum absolute atomic E-state index is 0.0314. The molecule has 2 aromatic carbocycles. The molecule has 110 valence electrons. The van der Waals surface area contributed by atoms with Gasteiger partial charge in [-0.15, -0.1) is 0 Å². The van der Waals surface area contributed by atoms with Gasteiger partial charge in [-0.1, -0.05) is 37.3 Å². The highest BCUT2D eigenvalue weighted by Crippen LogP contribution is 2.22. The lowest BCUT2D eigenvalue weighted by Crippen LogP contribution is -2.28. The number of carbonyl (C=O) groups excluding carboxylic acids is 1. The Bertz CT molecular complexity index is 651. The number of halogens is 1. The normalized spacial score (nSPS) is 12.0. The van der Waals surface area contributed by atoms with Gasteiger partial charge in [-0.25, -0.2) is 0 Å². The van der Waals surface area contributed by atoms with Crippen LogP contribution in [0.4, 0.5) is 0 Å². The lowest BCUT2D eigenvalue weighted by molar-refractivity contribution is 0.0935. The zero-order chi connectivity index (χ0) is 15.4. The fraction of sp³-hybridized carbons (Fsp3) is 0.278. The van der Waals surface area contributed by atoms with Crippen LogP contribution in [0.5, 0.6) is 0 Å². The number of rotatable bonds is 4. The molecule has 0 aliphatic heterocycles. The molecule has 0 radical (unpaired) electrons. The minimum atomic E-state index is -0.0486. The molecule has 0 bridgehead atoms. The SMILES string of the molecule is CCC(NC(=O)c1ccccc1Br)c1ccc(C)c(C)c1. The van der Waals surface area contributed by atoms with E-state index in [1.165, 1.54) is 11.1 Å². The molecule has 1 unspecified atom stereocenters. The zero-order valence-electron chi connectivity index (χ0n) is 12.6. The number of carbonyl (C=O) groups is 1. The predicted molar refractivity (Wildman–Crippen MR) is 90.6 cm³/mol. The molecule has 3 heteroatoms. The maximum atomic E-state index is 12.4. The molecule has 0 aromatic heterocycles. The van der Waals surface area contributed by atoms with E-state index in [9.17, 15) is 4.79 Å². The van der Waals surface area contributed by atoms with Crippen LogP contribution >= 0.6 is 15.9 Å². The summed E-state index contributed by atoms with van der Waals surface area (Å²) in [6, 6.07) is 13.9. The molecule has 0 aliphatic carbocycles. The third-order valence-electron chi connectivity index (χ3n) is 3.77. The minimum Gasteiger partial charge on any atom is -0.345 e. The van der Waals surface area contributed by atoms with Gasteiger partial charge in [0.15, 0.2) is 0 Å². The van der Waals surface area contributed by atoms with Crippen molar-refractivity contribution in [2.24, 2.45) is 0 Å². The van der Waals surface area contributed by atoms with Gasteiger partial charge in [0.05, 0.1) is 11.6 Å². The number of benzene rings is 2. The lowest BCUT2D eigenvalue weighted by Gasteiger charge is -2.19. The van der Waals surface area contributed by atoms with Crippen LogP contribution in [0.2, 0.25) is 0 Å². The van der Waals surface area contributed by atoms with Crippen molar-refractivity contribution in [3.8, 4) is 0 Å². The summed E-state index contributed by atoms with van der Waals surface area (Å²) in [6.45, 7) is 6.28. The first-order chi connectivity index (χ1) is 10.0. The van der Waals surface area contributed by atoms with Crippen LogP contribution in [-0.2, 0) is 0 Å². The quantitative estimate of drug-likeness (QED) is 0.834. The fourth-order valence-electron chi connectivity index (χ4n) is 2.28. The Balaban J connectivity index is 2.21. The van der Waals surface area contributed by atoms with Gasteiger partial charge in [-0.2, -0.15) is 0 Å². The molecule has 2 nitrogen and oxygen atoms in total. The molecular formula is C18H20BrNO. The molecule has 0 aliphatic rings. The molecule has 2 rings (SSSR count). The van der Waals surface area contributed by atoms with Gasteiger partial charge in [-0.05, 0) is 65.0 Å². The second kappa shape index (κ2) is 6.90. The standard InChI is InChI=1S/C18H20BrNO/c1-4-17(14-10-9-12(2)13(3)11-14)20-18(21)15-7-5-6-8-16(15)19/h5-11,17H,4H2,1-3H3,(H,20,21). The first-order valence-electron chi connectivity index (χ1n) is 7.15. The highest BCUT2D eigenvalue weighted by atomic mass is 79.9. The lowest BCUT2D eigenvalue weighted by atomic mass is 9.99. The zero-order valence-corrected chi connectivity index (χ0v) is 14.2. The number of aryl methyl sites for hydroxylation is 2. The van der Waals surface area contributed by atoms with E-state index in [2.05, 4.69) is 60.2 Å². The van der Waals surface area contributed by atoms with Crippen molar-refractivity contribution in [2.45, 2.75) is 33.2 Å². The van der Waals surface area contributed by atoms with Crippen molar-refractivity contribution in [3.63, 3.8) is 0 Å². The van der Waals surface area contributed by atoms with Crippen molar-refractivity contribution in [2.75, 3.05) is 0 Å². The monoisotopic (exact) mass is 345 g/mol. The Morgan fingerprint density at radius 3 is 2.48 bits per heavy atom. The molecule has 0 heterocycles. The van der Waals surface area contributed by atoms with Crippen molar-refractivity contribution in [1.29, 1.82) is 0 Å². The van der Waals surface area contributed by atoms with E-state index in [0.717, 1.165) is 16.5 Å². The van der Waals surface area contributed by atoms with E-state index in [0.29, 0.717) is 5.56 Å². The summed E-state index contributed by atoms with van der Waals surface area (Å²) in [4.78, 5) is 12.4. The van der Waals surface area contributed by atoms with Crippen molar-refractivity contribution < 1.29 is 4.79 Å². The van der Waals surface area contributed by atoms with E-state index < -0.39 is 0 Å². The summed E-state index contributed by atoms with van der Waals surface area (Å²) in [5.74, 6) is -0.0486. The average molecular weight is 346 g/mol. The van der Waals surface area contributed by atoms with E-state index >= 15 is 0 Å². The van der Waals surface area contributed by atoms with Crippen LogP contribution < -0.4 is 5.32 Å². The van der Waals surface area contributed by atoms with E-state index in [4.69, 9.17) is 0 Å². The highest BCUT2D eigenvalue weighted by Gasteiger charge is 2.16. The van der Waals surface area contributed by atoms with E-state index in [-0.39, 0.29) is 11.9 Å². The van der Waals surface area contributed by atoms with Gasteiger partial charge in [0.1, 0.15) is 0 Å². The van der Waals surface area contributed by atoms with Crippen molar-refractivity contribution in [1.82, 2.24) is 5.32 Å². The van der Waals surface area contributed by atoms with Gasteiger partial charge < -0.3 is 5.32 Å². The third-order valence-corrected chi connectivity index (χ3v) is 4.46. The van der Waals surface area contributed by atoms with Crippen LogP contribution in [-0.4, -0.2) is 5.91 Å². The van der Waals surface area contributed by atoms with Crippen LogP contribution in [0.25, 0.3) is 0 Å². The topological polar surface area (TPSA) is 29.1 Å². The summed E-state index contributed by atoms with van der Waals surface area (Å²) in [5.41, 5.74) is 4.34. The van der Waals surface area contributed by atoms with Gasteiger partial charge in [0.25, 0.3) is 5.91 Å². The van der Waals surface area contributed by atoms with Gasteiger partial charge in [0.2, 0.25) is 0 Å². The fourth-order valence-corrected chi connectivity index (χ4v) is 2.75. The molecule has 1 N–H and O–H groups in total. The Kier molecular flexibility index (Phi) is 5.18. The Morgan fingerprint density at radius 2 is 1.86 bits per heavy atom. The van der Waals surface area contributed by atoms with Crippen LogP contribution in [0.15, 0.2) is 46.9 Å². The van der Waals surface area contributed by atoms with Crippen LogP contribution in [0, 0.1) is 13.8 Å². The summed E-state index contributed by atoms with van der Waals surface area (Å²) >= 11 is 3.43. The molecule has 0 spiro atoms. The second-order valence-corrected chi connectivity index (χ2v) is 6.11. The van der Waals surface area contributed by atoms with Gasteiger partial charge >= 0.3 is 0 Å². The second-order valence-electron chi connectivity index (χ2n) is 5.26. The van der Waals surface area contributed by atoms with E-state index in [1.807, 2.05) is 24.3 Å². The van der Waals surface area contributed by atoms with Crippen molar-refractivity contribution >= 4 is 21.8 Å². The molecule has 0 saturated heterocycles. The average Bonchev–Trinajstić information content (AvgIpc) is 2.48. The maximum Gasteiger partial charge on any atom is 0.252 e. The Morgan fingerprint density at radius 1 is 1.14 bits per heavy atom. The van der Waals surface area contributed by atoms with Gasteiger partial charge in [0, 0.05) is 4.47 Å². The molecule has 1 atom stereocenters. The number of hydrogen-bond donors (Lipinski definition) is 1. The molecule has 21 heavy (non-hydrogen) atoms. The van der Waals surface area contributed by atoms with Crippen molar-refractivity contribution in [3.05, 3.63) is 69.2 Å². The molecule has 0 saturated carbocycles. The predicted octanol–water partition coefficient (Wildman–Crippen LogP) is 4.95. The first-order valence-corrected chi connectivity index (χ1v) is 7.94. The molecule has 0 fully saturated rings. The number of amides is 1. The van der Waals surface area contributed by atoms with Gasteiger partial charge in [-0.3, -0.25) is 4.79 Å². The third kappa shape index (κ3) is 3.73. The highest BCUT2D eigenvalue weighted by molar-refractivity contribution is 9.10. The first kappa shape index (κ1) is 15.8. The maximum absolute atomic E-state index is 12.4. The smallest absolute Gasteiger partial charge is 0.252 e. The summed E-state index contributed by atoms with van der Waals surface area (Å²) < 4.78 is 0.817. The number of hydrogen-bond acceptors (Lipinski definition) is 1. The summed E-state index contributed by atoms with van der Waals surface area (Å²) in [6.07, 6.45) is 0.860. The molecule has 1 amide bonds.